The van der Waals surface area contributed by atoms with Crippen molar-refractivity contribution in [3.05, 3.63) is 17.5 Å². The van der Waals surface area contributed by atoms with Gasteiger partial charge in [-0.3, -0.25) is 0 Å². The van der Waals surface area contributed by atoms with Crippen LogP contribution in [0, 0.1) is 0 Å². The molecule has 2 N–H and O–H groups in total. The van der Waals surface area contributed by atoms with Gasteiger partial charge in [0.15, 0.2) is 0 Å². The smallest absolute Gasteiger partial charge is 0.351 e. The van der Waals surface area contributed by atoms with E-state index in [0.29, 0.717) is 0 Å². The molecule has 0 aromatic carbocycles. The SMILES string of the molecule is CC(C)(N)c1cc(C(F)(F)F)on1.Cl. The van der Waals surface area contributed by atoms with Crippen LogP contribution in [0.1, 0.15) is 25.3 Å². The highest BCUT2D eigenvalue weighted by atomic mass is 35.5. The highest BCUT2D eigenvalue weighted by Crippen LogP contribution is 2.31. The number of rotatable bonds is 1. The average Bonchev–Trinajstić information content (AvgIpc) is 2.28. The van der Waals surface area contributed by atoms with Crippen molar-refractivity contribution in [3.63, 3.8) is 0 Å². The minimum absolute atomic E-state index is 0. The van der Waals surface area contributed by atoms with Crippen molar-refractivity contribution in [2.75, 3.05) is 0 Å². The van der Waals surface area contributed by atoms with Gasteiger partial charge in [-0.1, -0.05) is 5.16 Å². The Bertz CT molecular complexity index is 274. The van der Waals surface area contributed by atoms with E-state index in [2.05, 4.69) is 9.68 Å². The summed E-state index contributed by atoms with van der Waals surface area (Å²) < 4.78 is 40.1. The molecule has 7 heteroatoms. The fourth-order valence-electron chi connectivity index (χ4n) is 0.712. The Morgan fingerprint density at radius 2 is 1.86 bits per heavy atom. The lowest BCUT2D eigenvalue weighted by atomic mass is 10.0. The topological polar surface area (TPSA) is 52.0 Å². The number of nitrogens with zero attached hydrogens (tertiary/aromatic N) is 1. The molecule has 0 fully saturated rings. The molecular weight excluding hydrogens is 221 g/mol. The number of alkyl halides is 3. The Morgan fingerprint density at radius 3 is 2.07 bits per heavy atom. The van der Waals surface area contributed by atoms with Crippen molar-refractivity contribution in [2.24, 2.45) is 5.73 Å². The number of aromatic nitrogens is 1. The molecule has 0 saturated heterocycles. The summed E-state index contributed by atoms with van der Waals surface area (Å²) in [6.45, 7) is 3.09. The summed E-state index contributed by atoms with van der Waals surface area (Å²) in [5.41, 5.74) is 4.68. The minimum atomic E-state index is -4.50. The second kappa shape index (κ2) is 3.78. The van der Waals surface area contributed by atoms with Crippen molar-refractivity contribution in [2.45, 2.75) is 25.6 Å². The van der Waals surface area contributed by atoms with Gasteiger partial charge in [0.2, 0.25) is 5.76 Å². The van der Waals surface area contributed by atoms with Crippen LogP contribution in [0.2, 0.25) is 0 Å². The van der Waals surface area contributed by atoms with Crippen LogP contribution in [-0.4, -0.2) is 5.16 Å². The van der Waals surface area contributed by atoms with Crippen LogP contribution < -0.4 is 5.73 Å². The standard InChI is InChI=1S/C7H9F3N2O.ClH/c1-6(2,11)4-3-5(13-12-4)7(8,9)10;/h3H,11H2,1-2H3;1H. The quantitative estimate of drug-likeness (QED) is 0.806. The van der Waals surface area contributed by atoms with Crippen molar-refractivity contribution in [3.8, 4) is 0 Å². The molecule has 0 radical (unpaired) electrons. The van der Waals surface area contributed by atoms with Crippen LogP contribution in [0.15, 0.2) is 10.6 Å². The molecule has 14 heavy (non-hydrogen) atoms. The molecule has 0 amide bonds. The molecule has 1 heterocycles. The van der Waals surface area contributed by atoms with Crippen LogP contribution >= 0.6 is 12.4 Å². The summed E-state index contributed by atoms with van der Waals surface area (Å²) in [6.07, 6.45) is -4.50. The molecule has 0 spiro atoms. The lowest BCUT2D eigenvalue weighted by Gasteiger charge is -2.12. The third-order valence-corrected chi connectivity index (χ3v) is 1.45. The molecule has 0 aliphatic carbocycles. The van der Waals surface area contributed by atoms with Crippen molar-refractivity contribution < 1.29 is 17.7 Å². The predicted molar refractivity (Wildman–Crippen MR) is 46.0 cm³/mol. The first kappa shape index (κ1) is 13.2. The van der Waals surface area contributed by atoms with E-state index in [1.807, 2.05) is 0 Å². The predicted octanol–water partition coefficient (Wildman–Crippen LogP) is 2.31. The lowest BCUT2D eigenvalue weighted by Crippen LogP contribution is -2.28. The molecule has 82 valence electrons. The molecule has 0 saturated carbocycles. The molecular formula is C7H10ClF3N2O. The van der Waals surface area contributed by atoms with Crippen LogP contribution in [0.4, 0.5) is 13.2 Å². The van der Waals surface area contributed by atoms with Crippen molar-refractivity contribution in [1.82, 2.24) is 5.16 Å². The van der Waals surface area contributed by atoms with Gasteiger partial charge in [0.05, 0.1) is 5.54 Å². The van der Waals surface area contributed by atoms with Gasteiger partial charge in [-0.05, 0) is 13.8 Å². The molecule has 1 aromatic rings. The van der Waals surface area contributed by atoms with Crippen LogP contribution in [-0.2, 0) is 11.7 Å². The molecule has 1 aromatic heterocycles. The third-order valence-electron chi connectivity index (χ3n) is 1.45. The molecule has 3 nitrogen and oxygen atoms in total. The average molecular weight is 231 g/mol. The molecule has 0 aliphatic rings. The maximum atomic E-state index is 12.0. The molecule has 1 rings (SSSR count). The summed E-state index contributed by atoms with van der Waals surface area (Å²) in [6, 6.07) is 0.806. The highest BCUT2D eigenvalue weighted by molar-refractivity contribution is 5.85. The van der Waals surface area contributed by atoms with E-state index >= 15 is 0 Å². The first-order valence-corrected chi connectivity index (χ1v) is 3.54. The Kier molecular flexibility index (Phi) is 3.58. The molecule has 0 atom stereocenters. The summed E-state index contributed by atoms with van der Waals surface area (Å²) in [5.74, 6) is -1.12. The van der Waals surface area contributed by atoms with E-state index in [9.17, 15) is 13.2 Å². The Hall–Kier alpha value is -0.750. The van der Waals surface area contributed by atoms with Crippen LogP contribution in [0.5, 0.6) is 0 Å². The van der Waals surface area contributed by atoms with Gasteiger partial charge in [0.1, 0.15) is 5.69 Å². The Labute approximate surface area is 84.8 Å². The number of hydrogen-bond acceptors (Lipinski definition) is 3. The Balaban J connectivity index is 0.00000169. The zero-order valence-corrected chi connectivity index (χ0v) is 8.37. The first-order chi connectivity index (χ1) is 5.71. The van der Waals surface area contributed by atoms with Gasteiger partial charge >= 0.3 is 6.18 Å². The van der Waals surface area contributed by atoms with Crippen LogP contribution in [0.3, 0.4) is 0 Å². The summed E-state index contributed by atoms with van der Waals surface area (Å²) in [4.78, 5) is 0. The van der Waals surface area contributed by atoms with E-state index in [1.165, 1.54) is 0 Å². The normalized spacial score (nSPS) is 12.4. The summed E-state index contributed by atoms with van der Waals surface area (Å²) >= 11 is 0. The van der Waals surface area contributed by atoms with Crippen LogP contribution in [0.25, 0.3) is 0 Å². The maximum Gasteiger partial charge on any atom is 0.452 e. The number of hydrogen-bond donors (Lipinski definition) is 1. The zero-order chi connectivity index (χ0) is 10.3. The van der Waals surface area contributed by atoms with E-state index in [4.69, 9.17) is 5.73 Å². The highest BCUT2D eigenvalue weighted by Gasteiger charge is 2.37. The fraction of sp³-hybridized carbons (Fsp3) is 0.571. The first-order valence-electron chi connectivity index (χ1n) is 3.54. The largest absolute Gasteiger partial charge is 0.452 e. The molecule has 0 aliphatic heterocycles. The van der Waals surface area contributed by atoms with Gasteiger partial charge in [-0.15, -0.1) is 12.4 Å². The molecule has 0 unspecified atom stereocenters. The van der Waals surface area contributed by atoms with E-state index < -0.39 is 17.5 Å². The lowest BCUT2D eigenvalue weighted by molar-refractivity contribution is -0.155. The number of nitrogens with two attached hydrogens (primary N) is 1. The minimum Gasteiger partial charge on any atom is -0.351 e. The second-order valence-electron chi connectivity index (χ2n) is 3.30. The monoisotopic (exact) mass is 230 g/mol. The van der Waals surface area contributed by atoms with Crippen molar-refractivity contribution >= 4 is 12.4 Å². The fourth-order valence-corrected chi connectivity index (χ4v) is 0.712. The maximum absolute atomic E-state index is 12.0. The van der Waals surface area contributed by atoms with Gasteiger partial charge < -0.3 is 10.3 Å². The number of halogens is 4. The van der Waals surface area contributed by atoms with Gasteiger partial charge in [-0.25, -0.2) is 0 Å². The third kappa shape index (κ3) is 2.88. The zero-order valence-electron chi connectivity index (χ0n) is 7.55. The van der Waals surface area contributed by atoms with Gasteiger partial charge in [0.25, 0.3) is 0 Å². The summed E-state index contributed by atoms with van der Waals surface area (Å²) in [5, 5.41) is 3.23. The van der Waals surface area contributed by atoms with E-state index in [-0.39, 0.29) is 18.1 Å². The van der Waals surface area contributed by atoms with Gasteiger partial charge in [-0.2, -0.15) is 13.2 Å². The van der Waals surface area contributed by atoms with Crippen molar-refractivity contribution in [1.29, 1.82) is 0 Å². The van der Waals surface area contributed by atoms with E-state index in [1.54, 1.807) is 13.8 Å². The molecule has 0 bridgehead atoms. The van der Waals surface area contributed by atoms with Gasteiger partial charge in [0, 0.05) is 6.07 Å². The summed E-state index contributed by atoms with van der Waals surface area (Å²) in [7, 11) is 0. The second-order valence-corrected chi connectivity index (χ2v) is 3.30. The Morgan fingerprint density at radius 1 is 1.36 bits per heavy atom. The van der Waals surface area contributed by atoms with E-state index in [0.717, 1.165) is 6.07 Å².